The predicted octanol–water partition coefficient (Wildman–Crippen LogP) is 6.75. The zero-order chi connectivity index (χ0) is 33.2. The molecule has 2 aromatic heterocycles. The van der Waals surface area contributed by atoms with Gasteiger partial charge in [-0.2, -0.15) is 0 Å². The third kappa shape index (κ3) is 5.79. The third-order valence-electron chi connectivity index (χ3n) is 7.59. The normalized spacial score (nSPS) is 14.5. The van der Waals surface area contributed by atoms with E-state index in [2.05, 4.69) is 4.98 Å². The summed E-state index contributed by atoms with van der Waals surface area (Å²) < 4.78 is 28.2. The Hall–Kier alpha value is -5.62. The number of carbonyl (C=O) groups is 3. The Kier molecular flexibility index (Phi) is 8.68. The number of carbonyl (C=O) groups excluding carboxylic acids is 3. The first kappa shape index (κ1) is 31.4. The van der Waals surface area contributed by atoms with Gasteiger partial charge in [-0.05, 0) is 49.2 Å². The fraction of sp³-hybridized carbons (Fsp3) is 0.200. The summed E-state index contributed by atoms with van der Waals surface area (Å²) in [6.07, 6.45) is 0. The lowest BCUT2D eigenvalue weighted by Crippen LogP contribution is -2.31. The van der Waals surface area contributed by atoms with Crippen molar-refractivity contribution in [3.63, 3.8) is 0 Å². The number of ketones is 1. The second-order valence-electron chi connectivity index (χ2n) is 10.5. The molecular formula is C35H30N2O9S. The number of aromatic nitrogens is 1. The van der Waals surface area contributed by atoms with E-state index in [1.165, 1.54) is 25.2 Å². The van der Waals surface area contributed by atoms with Gasteiger partial charge in [-0.25, -0.2) is 9.78 Å². The van der Waals surface area contributed by atoms with Crippen LogP contribution in [-0.2, 0) is 16.1 Å². The summed E-state index contributed by atoms with van der Waals surface area (Å²) >= 11 is 0.910. The molecule has 6 rings (SSSR count). The van der Waals surface area contributed by atoms with Crippen LogP contribution in [-0.4, -0.2) is 48.6 Å². The molecule has 1 amide bonds. The number of hydrogen-bond acceptors (Lipinski definition) is 11. The van der Waals surface area contributed by atoms with Crippen molar-refractivity contribution in [2.24, 2.45) is 0 Å². The van der Waals surface area contributed by atoms with E-state index in [0.29, 0.717) is 46.1 Å². The van der Waals surface area contributed by atoms with Crippen LogP contribution in [0.3, 0.4) is 0 Å². The Labute approximate surface area is 273 Å². The van der Waals surface area contributed by atoms with Crippen LogP contribution in [0.4, 0.5) is 5.13 Å². The number of amides is 1. The van der Waals surface area contributed by atoms with Gasteiger partial charge in [0, 0.05) is 5.39 Å². The first-order chi connectivity index (χ1) is 22.7. The van der Waals surface area contributed by atoms with Gasteiger partial charge in [0.05, 0.1) is 38.1 Å². The SMILES string of the molecule is CCOc1cc(C2C(C(=O)c3cc4cccc(OC)c4o3)=C(O)C(=O)N2c2nc(C)c(C(=O)OC)s2)ccc1OCc1ccccc1. The first-order valence-corrected chi connectivity index (χ1v) is 15.4. The van der Waals surface area contributed by atoms with E-state index in [-0.39, 0.29) is 27.9 Å². The highest BCUT2D eigenvalue weighted by molar-refractivity contribution is 7.17. The molecule has 1 aliphatic rings. The Balaban J connectivity index is 1.47. The average molecular weight is 655 g/mol. The van der Waals surface area contributed by atoms with Gasteiger partial charge in [0.15, 0.2) is 39.5 Å². The van der Waals surface area contributed by atoms with Crippen molar-refractivity contribution < 1.29 is 42.9 Å². The Bertz CT molecular complexity index is 2030. The fourth-order valence-corrected chi connectivity index (χ4v) is 6.39. The first-order valence-electron chi connectivity index (χ1n) is 14.6. The van der Waals surface area contributed by atoms with Crippen molar-refractivity contribution >= 4 is 45.1 Å². The highest BCUT2D eigenvalue weighted by Gasteiger charge is 2.47. The molecule has 0 saturated heterocycles. The molecule has 0 fully saturated rings. The van der Waals surface area contributed by atoms with E-state index in [9.17, 15) is 19.5 Å². The summed E-state index contributed by atoms with van der Waals surface area (Å²) in [7, 11) is 2.73. The van der Waals surface area contributed by atoms with E-state index < -0.39 is 29.5 Å². The predicted molar refractivity (Wildman–Crippen MR) is 174 cm³/mol. The summed E-state index contributed by atoms with van der Waals surface area (Å²) in [6, 6.07) is 20.2. The number of Topliss-reactive ketones (excluding diaryl/α,β-unsaturated/α-hetero) is 1. The van der Waals surface area contributed by atoms with Crippen LogP contribution in [0.2, 0.25) is 0 Å². The summed E-state index contributed by atoms with van der Waals surface area (Å²) in [5.41, 5.74) is 1.80. The number of hydrogen-bond donors (Lipinski definition) is 1. The molecule has 11 nitrogen and oxygen atoms in total. The standard InChI is InChI=1S/C35H30N2O9S/c1-5-44-25-16-21(14-15-23(25)45-18-20-10-7-6-8-11-20)28-27(29(38)26-17-22-12-9-13-24(42-3)31(22)46-26)30(39)33(40)37(28)35-36-19(2)32(47-35)34(41)43-4/h6-17,28,39H,5,18H2,1-4H3. The number of aliphatic hydroxyl groups is 1. The number of fused-ring (bicyclic) bond motifs is 1. The largest absolute Gasteiger partial charge is 0.503 e. The van der Waals surface area contributed by atoms with Crippen molar-refractivity contribution in [3.8, 4) is 17.2 Å². The van der Waals surface area contributed by atoms with Crippen LogP contribution in [0.25, 0.3) is 11.0 Å². The second-order valence-corrected chi connectivity index (χ2v) is 11.5. The minimum absolute atomic E-state index is 0.0842. The van der Waals surface area contributed by atoms with Crippen molar-refractivity contribution in [2.45, 2.75) is 26.5 Å². The van der Waals surface area contributed by atoms with E-state index in [1.54, 1.807) is 43.3 Å². The molecule has 47 heavy (non-hydrogen) atoms. The number of aliphatic hydroxyl groups excluding tert-OH is 1. The van der Waals surface area contributed by atoms with Crippen LogP contribution < -0.4 is 19.1 Å². The van der Waals surface area contributed by atoms with Gasteiger partial charge >= 0.3 is 5.97 Å². The Morgan fingerprint density at radius 1 is 0.979 bits per heavy atom. The summed E-state index contributed by atoms with van der Waals surface area (Å²) in [5.74, 6) is -1.88. The van der Waals surface area contributed by atoms with Crippen LogP contribution in [0.15, 0.2) is 88.5 Å². The highest BCUT2D eigenvalue weighted by Crippen LogP contribution is 2.46. The number of anilines is 1. The van der Waals surface area contributed by atoms with Gasteiger partial charge in [0.1, 0.15) is 11.5 Å². The number of rotatable bonds is 11. The highest BCUT2D eigenvalue weighted by atomic mass is 32.1. The molecular weight excluding hydrogens is 624 g/mol. The molecule has 1 atom stereocenters. The zero-order valence-electron chi connectivity index (χ0n) is 25.9. The van der Waals surface area contributed by atoms with E-state index in [1.807, 2.05) is 37.3 Å². The number of benzene rings is 3. The molecule has 0 aliphatic carbocycles. The smallest absolute Gasteiger partial charge is 0.350 e. The lowest BCUT2D eigenvalue weighted by Gasteiger charge is -2.25. The minimum atomic E-state index is -1.18. The quantitative estimate of drug-likeness (QED) is 0.120. The molecule has 0 bridgehead atoms. The number of methoxy groups -OCH3 is 2. The molecule has 1 unspecified atom stereocenters. The van der Waals surface area contributed by atoms with E-state index in [0.717, 1.165) is 16.9 Å². The molecule has 0 radical (unpaired) electrons. The molecule has 12 heteroatoms. The lowest BCUT2D eigenvalue weighted by molar-refractivity contribution is -0.117. The second kappa shape index (κ2) is 13.0. The number of nitrogens with zero attached hydrogens (tertiary/aromatic N) is 2. The van der Waals surface area contributed by atoms with Crippen molar-refractivity contribution in [3.05, 3.63) is 112 Å². The van der Waals surface area contributed by atoms with Gasteiger partial charge in [-0.1, -0.05) is 59.9 Å². The Morgan fingerprint density at radius 3 is 2.49 bits per heavy atom. The van der Waals surface area contributed by atoms with Gasteiger partial charge in [-0.15, -0.1) is 0 Å². The van der Waals surface area contributed by atoms with Crippen molar-refractivity contribution in [1.29, 1.82) is 0 Å². The van der Waals surface area contributed by atoms with Gasteiger partial charge in [0.2, 0.25) is 5.78 Å². The van der Waals surface area contributed by atoms with Crippen molar-refractivity contribution in [1.82, 2.24) is 4.98 Å². The lowest BCUT2D eigenvalue weighted by atomic mass is 9.95. The van der Waals surface area contributed by atoms with Gasteiger partial charge < -0.3 is 28.5 Å². The topological polar surface area (TPSA) is 138 Å². The van der Waals surface area contributed by atoms with Crippen LogP contribution in [0, 0.1) is 6.92 Å². The molecule has 0 spiro atoms. The van der Waals surface area contributed by atoms with E-state index in [4.69, 9.17) is 23.4 Å². The minimum Gasteiger partial charge on any atom is -0.503 e. The number of thiazole rings is 1. The van der Waals surface area contributed by atoms with Crippen LogP contribution >= 0.6 is 11.3 Å². The maximum absolute atomic E-state index is 14.2. The summed E-state index contributed by atoms with van der Waals surface area (Å²) in [5, 5.41) is 12.0. The third-order valence-corrected chi connectivity index (χ3v) is 8.72. The molecule has 3 aromatic carbocycles. The number of furan rings is 1. The molecule has 240 valence electrons. The van der Waals surface area contributed by atoms with Gasteiger partial charge in [-0.3, -0.25) is 14.5 Å². The molecule has 1 N–H and O–H groups in total. The summed E-state index contributed by atoms with van der Waals surface area (Å²) in [4.78, 5) is 46.3. The molecule has 5 aromatic rings. The number of aryl methyl sites for hydroxylation is 1. The zero-order valence-corrected chi connectivity index (χ0v) is 26.8. The maximum Gasteiger partial charge on any atom is 0.350 e. The van der Waals surface area contributed by atoms with Crippen LogP contribution in [0.1, 0.15) is 50.0 Å². The van der Waals surface area contributed by atoms with Crippen LogP contribution in [0.5, 0.6) is 17.2 Å². The molecule has 3 heterocycles. The average Bonchev–Trinajstić information content (AvgIpc) is 3.77. The van der Waals surface area contributed by atoms with Gasteiger partial charge in [0.25, 0.3) is 5.91 Å². The number of para-hydroxylation sites is 1. The number of ether oxygens (including phenoxy) is 4. The Morgan fingerprint density at radius 2 is 1.77 bits per heavy atom. The fourth-order valence-electron chi connectivity index (χ4n) is 5.38. The summed E-state index contributed by atoms with van der Waals surface area (Å²) in [6.45, 7) is 4.01. The maximum atomic E-state index is 14.2. The molecule has 0 saturated carbocycles. The van der Waals surface area contributed by atoms with Crippen molar-refractivity contribution in [2.75, 3.05) is 25.7 Å². The molecule has 1 aliphatic heterocycles. The monoisotopic (exact) mass is 654 g/mol. The number of esters is 1. The van der Waals surface area contributed by atoms with E-state index >= 15 is 0 Å².